The Balaban J connectivity index is 2.54. The fourth-order valence-electron chi connectivity index (χ4n) is 0.646. The van der Waals surface area contributed by atoms with Crippen LogP contribution in [0.5, 0.6) is 0 Å². The number of carbonyl (C=O) groups is 1. The van der Waals surface area contributed by atoms with Crippen LogP contribution in [-0.2, 0) is 9.47 Å². The lowest BCUT2D eigenvalue weighted by Gasteiger charge is -2.15. The summed E-state index contributed by atoms with van der Waals surface area (Å²) in [6.45, 7) is 4.21. The molecule has 1 saturated heterocycles. The molecule has 52 valence electrons. The Morgan fingerprint density at radius 2 is 2.44 bits per heavy atom. The van der Waals surface area contributed by atoms with Crippen molar-refractivity contribution in [3.8, 4) is 0 Å². The zero-order chi connectivity index (χ0) is 6.91. The van der Waals surface area contributed by atoms with E-state index >= 15 is 0 Å². The molecule has 1 heterocycles. The van der Waals surface area contributed by atoms with Gasteiger partial charge in [-0.3, -0.25) is 0 Å². The van der Waals surface area contributed by atoms with E-state index in [1.54, 1.807) is 0 Å². The van der Waals surface area contributed by atoms with Gasteiger partial charge >= 0.3 is 6.16 Å². The number of hydrogen-bond acceptors (Lipinski definition) is 3. The zero-order valence-corrected chi connectivity index (χ0v) is 5.64. The highest BCUT2D eigenvalue weighted by Gasteiger charge is 2.35. The molecule has 1 unspecified atom stereocenters. The summed E-state index contributed by atoms with van der Waals surface area (Å²) in [4.78, 5) is 10.4. The SMILES string of the molecule is CCC1(C)COC(=O)O1. The number of rotatable bonds is 1. The molecule has 1 aliphatic heterocycles. The Morgan fingerprint density at radius 3 is 2.67 bits per heavy atom. The number of carbonyl (C=O) groups excluding carboxylic acids is 1. The second-order valence-corrected chi connectivity index (χ2v) is 2.44. The Bertz CT molecular complexity index is 132. The average Bonchev–Trinajstić information content (AvgIpc) is 2.13. The van der Waals surface area contributed by atoms with Crippen molar-refractivity contribution in [2.24, 2.45) is 0 Å². The zero-order valence-electron chi connectivity index (χ0n) is 5.64. The smallest absolute Gasteiger partial charge is 0.430 e. The first-order valence-corrected chi connectivity index (χ1v) is 3.02. The molecular weight excluding hydrogens is 120 g/mol. The van der Waals surface area contributed by atoms with E-state index in [0.29, 0.717) is 6.61 Å². The summed E-state index contributed by atoms with van der Waals surface area (Å²) >= 11 is 0. The van der Waals surface area contributed by atoms with E-state index < -0.39 is 6.16 Å². The average molecular weight is 130 g/mol. The minimum Gasteiger partial charge on any atom is -0.430 e. The highest BCUT2D eigenvalue weighted by Crippen LogP contribution is 2.22. The third kappa shape index (κ3) is 1.15. The molecule has 0 amide bonds. The summed E-state index contributed by atoms with van der Waals surface area (Å²) in [7, 11) is 0. The van der Waals surface area contributed by atoms with Crippen LogP contribution in [0.4, 0.5) is 4.79 Å². The van der Waals surface area contributed by atoms with Crippen molar-refractivity contribution in [3.63, 3.8) is 0 Å². The molecule has 0 aromatic carbocycles. The highest BCUT2D eigenvalue weighted by atomic mass is 16.8. The quantitative estimate of drug-likeness (QED) is 0.502. The molecule has 0 spiro atoms. The van der Waals surface area contributed by atoms with Gasteiger partial charge in [-0.15, -0.1) is 0 Å². The van der Waals surface area contributed by atoms with Crippen molar-refractivity contribution in [2.75, 3.05) is 6.61 Å². The lowest BCUT2D eigenvalue weighted by Crippen LogP contribution is -2.25. The van der Waals surface area contributed by atoms with Crippen LogP contribution in [0.15, 0.2) is 0 Å². The van der Waals surface area contributed by atoms with Crippen LogP contribution in [0.25, 0.3) is 0 Å². The van der Waals surface area contributed by atoms with Gasteiger partial charge in [0.1, 0.15) is 12.2 Å². The topological polar surface area (TPSA) is 35.5 Å². The van der Waals surface area contributed by atoms with Crippen LogP contribution in [0.1, 0.15) is 20.3 Å². The van der Waals surface area contributed by atoms with Gasteiger partial charge in [0.15, 0.2) is 0 Å². The molecular formula is C6H10O3. The predicted molar refractivity (Wildman–Crippen MR) is 31.1 cm³/mol. The third-order valence-electron chi connectivity index (χ3n) is 1.57. The van der Waals surface area contributed by atoms with Crippen molar-refractivity contribution >= 4 is 6.16 Å². The normalized spacial score (nSPS) is 33.8. The second-order valence-electron chi connectivity index (χ2n) is 2.44. The van der Waals surface area contributed by atoms with E-state index in [-0.39, 0.29) is 5.60 Å². The van der Waals surface area contributed by atoms with Gasteiger partial charge in [0, 0.05) is 0 Å². The summed E-state index contributed by atoms with van der Waals surface area (Å²) < 4.78 is 9.43. The van der Waals surface area contributed by atoms with E-state index in [2.05, 4.69) is 4.74 Å². The molecule has 1 fully saturated rings. The number of cyclic esters (lactones) is 2. The molecule has 1 atom stereocenters. The first-order chi connectivity index (χ1) is 4.16. The Hall–Kier alpha value is -0.730. The molecule has 1 rings (SSSR count). The molecule has 0 aliphatic carbocycles. The molecule has 0 N–H and O–H groups in total. The largest absolute Gasteiger partial charge is 0.509 e. The number of ether oxygens (including phenoxy) is 2. The van der Waals surface area contributed by atoms with Gasteiger partial charge in [0.25, 0.3) is 0 Å². The fraction of sp³-hybridized carbons (Fsp3) is 0.833. The van der Waals surface area contributed by atoms with Gasteiger partial charge in [0.2, 0.25) is 0 Å². The first-order valence-electron chi connectivity index (χ1n) is 3.02. The van der Waals surface area contributed by atoms with Crippen molar-refractivity contribution < 1.29 is 14.3 Å². The van der Waals surface area contributed by atoms with Crippen LogP contribution in [0, 0.1) is 0 Å². The molecule has 0 aromatic heterocycles. The number of hydrogen-bond donors (Lipinski definition) is 0. The van der Waals surface area contributed by atoms with E-state index in [9.17, 15) is 4.79 Å². The summed E-state index contributed by atoms with van der Waals surface area (Å²) in [6, 6.07) is 0. The summed E-state index contributed by atoms with van der Waals surface area (Å²) in [5, 5.41) is 0. The minimum absolute atomic E-state index is 0.364. The molecule has 3 heteroatoms. The lowest BCUT2D eigenvalue weighted by molar-refractivity contribution is 0.0682. The van der Waals surface area contributed by atoms with Crippen molar-refractivity contribution in [1.82, 2.24) is 0 Å². The summed E-state index contributed by atoms with van der Waals surface area (Å²) in [6.07, 6.45) is 0.262. The Kier molecular flexibility index (Phi) is 1.35. The van der Waals surface area contributed by atoms with Gasteiger partial charge in [-0.1, -0.05) is 6.92 Å². The first kappa shape index (κ1) is 6.39. The molecule has 1 aliphatic rings. The Morgan fingerprint density at radius 1 is 1.78 bits per heavy atom. The van der Waals surface area contributed by atoms with Crippen LogP contribution in [-0.4, -0.2) is 18.4 Å². The van der Waals surface area contributed by atoms with Gasteiger partial charge in [-0.25, -0.2) is 4.79 Å². The molecule has 0 radical (unpaired) electrons. The lowest BCUT2D eigenvalue weighted by atomic mass is 10.1. The van der Waals surface area contributed by atoms with Gasteiger partial charge in [0.05, 0.1) is 0 Å². The summed E-state index contributed by atoms with van der Waals surface area (Å²) in [5.74, 6) is 0. The van der Waals surface area contributed by atoms with Crippen LogP contribution >= 0.6 is 0 Å². The molecule has 0 saturated carbocycles. The van der Waals surface area contributed by atoms with Crippen molar-refractivity contribution in [3.05, 3.63) is 0 Å². The summed E-state index contributed by atoms with van der Waals surface area (Å²) in [5.41, 5.74) is -0.364. The third-order valence-corrected chi connectivity index (χ3v) is 1.57. The molecule has 9 heavy (non-hydrogen) atoms. The predicted octanol–water partition coefficient (Wildman–Crippen LogP) is 1.32. The van der Waals surface area contributed by atoms with Crippen LogP contribution in [0.2, 0.25) is 0 Å². The van der Waals surface area contributed by atoms with Gasteiger partial charge < -0.3 is 9.47 Å². The minimum atomic E-state index is -0.542. The fourth-order valence-corrected chi connectivity index (χ4v) is 0.646. The van der Waals surface area contributed by atoms with E-state index in [4.69, 9.17) is 4.74 Å². The Labute approximate surface area is 53.9 Å². The van der Waals surface area contributed by atoms with Gasteiger partial charge in [-0.05, 0) is 13.3 Å². The maximum Gasteiger partial charge on any atom is 0.509 e. The maximum absolute atomic E-state index is 10.4. The maximum atomic E-state index is 10.4. The van der Waals surface area contributed by atoms with E-state index in [0.717, 1.165) is 6.42 Å². The monoisotopic (exact) mass is 130 g/mol. The molecule has 3 nitrogen and oxygen atoms in total. The van der Waals surface area contributed by atoms with Crippen LogP contribution in [0.3, 0.4) is 0 Å². The highest BCUT2D eigenvalue weighted by molar-refractivity contribution is 5.62. The van der Waals surface area contributed by atoms with E-state index in [1.165, 1.54) is 0 Å². The van der Waals surface area contributed by atoms with Crippen LogP contribution < -0.4 is 0 Å². The second kappa shape index (κ2) is 1.90. The van der Waals surface area contributed by atoms with Gasteiger partial charge in [-0.2, -0.15) is 0 Å². The standard InChI is InChI=1S/C6H10O3/c1-3-6(2)4-8-5(7)9-6/h3-4H2,1-2H3. The molecule has 0 aromatic rings. The van der Waals surface area contributed by atoms with Crippen molar-refractivity contribution in [2.45, 2.75) is 25.9 Å². The van der Waals surface area contributed by atoms with E-state index in [1.807, 2.05) is 13.8 Å². The molecule has 0 bridgehead atoms. The van der Waals surface area contributed by atoms with Crippen molar-refractivity contribution in [1.29, 1.82) is 0 Å².